The number of aromatic nitrogens is 2. The quantitative estimate of drug-likeness (QED) is 0.740. The van der Waals surface area contributed by atoms with E-state index in [-0.39, 0.29) is 12.0 Å². The van der Waals surface area contributed by atoms with Crippen molar-refractivity contribution in [1.29, 1.82) is 0 Å². The zero-order valence-corrected chi connectivity index (χ0v) is 14.2. The van der Waals surface area contributed by atoms with E-state index in [1.54, 1.807) is 0 Å². The molecule has 124 valence electrons. The Morgan fingerprint density at radius 3 is 2.83 bits per heavy atom. The van der Waals surface area contributed by atoms with Gasteiger partial charge in [-0.2, -0.15) is 4.98 Å². The second-order valence-corrected chi connectivity index (χ2v) is 6.37. The molecule has 0 aliphatic rings. The summed E-state index contributed by atoms with van der Waals surface area (Å²) in [6.45, 7) is 3.85. The number of amides is 1. The van der Waals surface area contributed by atoms with E-state index in [2.05, 4.69) is 15.5 Å². The number of carbonyl (C=O) groups excluding carboxylic acids is 1. The standard InChI is InChI=1S/C17H17N3O3S/c1-11(22-13-6-4-3-5-7-13)17-19-16(20-23-17)15-9-8-14(24-15)10-18-12(2)21/h3-9,11H,10H2,1-2H3,(H,18,21). The van der Waals surface area contributed by atoms with E-state index in [0.717, 1.165) is 15.5 Å². The van der Waals surface area contributed by atoms with Gasteiger partial charge in [-0.15, -0.1) is 11.3 Å². The lowest BCUT2D eigenvalue weighted by molar-refractivity contribution is -0.119. The highest BCUT2D eigenvalue weighted by Gasteiger charge is 2.17. The smallest absolute Gasteiger partial charge is 0.267 e. The summed E-state index contributed by atoms with van der Waals surface area (Å²) in [4.78, 5) is 17.3. The van der Waals surface area contributed by atoms with Gasteiger partial charge in [-0.05, 0) is 31.2 Å². The molecule has 1 aromatic carbocycles. The molecule has 1 N–H and O–H groups in total. The molecule has 0 aliphatic carbocycles. The zero-order chi connectivity index (χ0) is 16.9. The van der Waals surface area contributed by atoms with Crippen molar-refractivity contribution in [3.05, 3.63) is 53.2 Å². The van der Waals surface area contributed by atoms with Crippen LogP contribution >= 0.6 is 11.3 Å². The Morgan fingerprint density at radius 1 is 1.29 bits per heavy atom. The van der Waals surface area contributed by atoms with Gasteiger partial charge in [0, 0.05) is 11.8 Å². The highest BCUT2D eigenvalue weighted by Crippen LogP contribution is 2.28. The fourth-order valence-corrected chi connectivity index (χ4v) is 2.93. The maximum atomic E-state index is 11.0. The van der Waals surface area contributed by atoms with E-state index in [0.29, 0.717) is 18.3 Å². The number of thiophene rings is 1. The number of carbonyl (C=O) groups is 1. The van der Waals surface area contributed by atoms with E-state index in [9.17, 15) is 4.79 Å². The Bertz CT molecular complexity index is 813. The van der Waals surface area contributed by atoms with Crippen molar-refractivity contribution in [2.45, 2.75) is 26.5 Å². The van der Waals surface area contributed by atoms with Gasteiger partial charge >= 0.3 is 0 Å². The minimum atomic E-state index is -0.340. The molecule has 1 atom stereocenters. The normalized spacial score (nSPS) is 11.9. The van der Waals surface area contributed by atoms with Gasteiger partial charge in [0.25, 0.3) is 5.89 Å². The Labute approximate surface area is 143 Å². The first-order valence-electron chi connectivity index (χ1n) is 7.50. The van der Waals surface area contributed by atoms with Crippen LogP contribution < -0.4 is 10.1 Å². The molecule has 6 nitrogen and oxygen atoms in total. The van der Waals surface area contributed by atoms with Crippen LogP contribution in [0.1, 0.15) is 30.7 Å². The van der Waals surface area contributed by atoms with Crippen LogP contribution in [0, 0.1) is 0 Å². The molecule has 0 radical (unpaired) electrons. The number of para-hydroxylation sites is 1. The van der Waals surface area contributed by atoms with Crippen LogP contribution in [-0.2, 0) is 11.3 Å². The van der Waals surface area contributed by atoms with Crippen LogP contribution in [0.2, 0.25) is 0 Å². The topological polar surface area (TPSA) is 77.2 Å². The lowest BCUT2D eigenvalue weighted by Gasteiger charge is -2.09. The summed E-state index contributed by atoms with van der Waals surface area (Å²) in [5, 5.41) is 6.78. The predicted octanol–water partition coefficient (Wildman–Crippen LogP) is 3.57. The molecule has 24 heavy (non-hydrogen) atoms. The summed E-state index contributed by atoms with van der Waals surface area (Å²) in [7, 11) is 0. The van der Waals surface area contributed by atoms with Gasteiger partial charge in [-0.3, -0.25) is 4.79 Å². The fraction of sp³-hybridized carbons (Fsp3) is 0.235. The summed E-state index contributed by atoms with van der Waals surface area (Å²) in [6.07, 6.45) is -0.340. The number of nitrogens with one attached hydrogen (secondary N) is 1. The summed E-state index contributed by atoms with van der Waals surface area (Å²) < 4.78 is 11.1. The summed E-state index contributed by atoms with van der Waals surface area (Å²) >= 11 is 1.52. The molecule has 0 bridgehead atoms. The summed E-state index contributed by atoms with van der Waals surface area (Å²) in [6, 6.07) is 13.3. The first-order valence-corrected chi connectivity index (χ1v) is 8.32. The van der Waals surface area contributed by atoms with Crippen LogP contribution in [-0.4, -0.2) is 16.0 Å². The van der Waals surface area contributed by atoms with Crippen LogP contribution in [0.15, 0.2) is 47.0 Å². The fourth-order valence-electron chi connectivity index (χ4n) is 2.06. The maximum Gasteiger partial charge on any atom is 0.267 e. The van der Waals surface area contributed by atoms with Crippen molar-refractivity contribution in [1.82, 2.24) is 15.5 Å². The van der Waals surface area contributed by atoms with Crippen LogP contribution in [0.4, 0.5) is 0 Å². The van der Waals surface area contributed by atoms with E-state index in [4.69, 9.17) is 9.26 Å². The van der Waals surface area contributed by atoms with Gasteiger partial charge in [0.2, 0.25) is 11.7 Å². The Kier molecular flexibility index (Phi) is 4.90. The predicted molar refractivity (Wildman–Crippen MR) is 90.6 cm³/mol. The van der Waals surface area contributed by atoms with E-state index >= 15 is 0 Å². The van der Waals surface area contributed by atoms with Crippen LogP contribution in [0.5, 0.6) is 5.75 Å². The second kappa shape index (κ2) is 7.27. The average Bonchev–Trinajstić information content (AvgIpc) is 3.23. The maximum absolute atomic E-state index is 11.0. The van der Waals surface area contributed by atoms with E-state index < -0.39 is 0 Å². The van der Waals surface area contributed by atoms with Crippen molar-refractivity contribution in [3.63, 3.8) is 0 Å². The first-order chi connectivity index (χ1) is 11.6. The number of nitrogens with zero attached hydrogens (tertiary/aromatic N) is 2. The van der Waals surface area contributed by atoms with Gasteiger partial charge in [0.05, 0.1) is 11.4 Å². The molecule has 0 saturated carbocycles. The minimum absolute atomic E-state index is 0.0568. The number of ether oxygens (including phenoxy) is 1. The van der Waals surface area contributed by atoms with Crippen molar-refractivity contribution >= 4 is 17.2 Å². The molecular weight excluding hydrogens is 326 g/mol. The third-order valence-corrected chi connectivity index (χ3v) is 4.32. The lowest BCUT2D eigenvalue weighted by atomic mass is 10.3. The molecular formula is C17H17N3O3S. The van der Waals surface area contributed by atoms with Gasteiger partial charge in [0.15, 0.2) is 6.10 Å². The molecule has 3 aromatic rings. The molecule has 1 unspecified atom stereocenters. The summed E-state index contributed by atoms with van der Waals surface area (Å²) in [5.41, 5.74) is 0. The number of benzene rings is 1. The minimum Gasteiger partial charge on any atom is -0.481 e. The second-order valence-electron chi connectivity index (χ2n) is 5.21. The molecule has 0 fully saturated rings. The Balaban J connectivity index is 1.67. The van der Waals surface area contributed by atoms with Crippen molar-refractivity contribution in [2.24, 2.45) is 0 Å². The summed E-state index contributed by atoms with van der Waals surface area (Å²) in [5.74, 6) is 1.63. The highest BCUT2D eigenvalue weighted by molar-refractivity contribution is 7.15. The SMILES string of the molecule is CC(=O)NCc1ccc(-c2noc(C(C)Oc3ccccc3)n2)s1. The van der Waals surface area contributed by atoms with Gasteiger partial charge in [-0.1, -0.05) is 23.4 Å². The lowest BCUT2D eigenvalue weighted by Crippen LogP contribution is -2.17. The van der Waals surface area contributed by atoms with Gasteiger partial charge < -0.3 is 14.6 Å². The number of hydrogen-bond acceptors (Lipinski definition) is 6. The highest BCUT2D eigenvalue weighted by atomic mass is 32.1. The third kappa shape index (κ3) is 3.99. The number of hydrogen-bond donors (Lipinski definition) is 1. The van der Waals surface area contributed by atoms with E-state index in [1.807, 2.05) is 49.4 Å². The van der Waals surface area contributed by atoms with Crippen molar-refractivity contribution < 1.29 is 14.1 Å². The number of rotatable bonds is 6. The Morgan fingerprint density at radius 2 is 2.08 bits per heavy atom. The average molecular weight is 343 g/mol. The largest absolute Gasteiger partial charge is 0.481 e. The molecule has 2 heterocycles. The molecule has 0 spiro atoms. The monoisotopic (exact) mass is 343 g/mol. The van der Waals surface area contributed by atoms with Gasteiger partial charge in [-0.25, -0.2) is 0 Å². The Hall–Kier alpha value is -2.67. The van der Waals surface area contributed by atoms with E-state index in [1.165, 1.54) is 18.3 Å². The first kappa shape index (κ1) is 16.2. The molecule has 7 heteroatoms. The zero-order valence-electron chi connectivity index (χ0n) is 13.4. The van der Waals surface area contributed by atoms with Crippen LogP contribution in [0.25, 0.3) is 10.7 Å². The molecule has 1 amide bonds. The molecule has 2 aromatic heterocycles. The molecule has 3 rings (SSSR count). The van der Waals surface area contributed by atoms with Gasteiger partial charge in [0.1, 0.15) is 5.75 Å². The van der Waals surface area contributed by atoms with Crippen molar-refractivity contribution in [3.8, 4) is 16.5 Å². The molecule has 0 aliphatic heterocycles. The van der Waals surface area contributed by atoms with Crippen LogP contribution in [0.3, 0.4) is 0 Å². The van der Waals surface area contributed by atoms with Crippen molar-refractivity contribution in [2.75, 3.05) is 0 Å². The molecule has 0 saturated heterocycles. The third-order valence-electron chi connectivity index (χ3n) is 3.24.